The third-order valence-electron chi connectivity index (χ3n) is 6.11. The molecule has 148 valence electrons. The van der Waals surface area contributed by atoms with Crippen molar-refractivity contribution >= 4 is 16.6 Å². The number of aryl methyl sites for hydroxylation is 2. The molecule has 1 aliphatic heterocycles. The molecule has 1 saturated heterocycles. The number of nitrogens with zero attached hydrogens (tertiary/aromatic N) is 5. The third-order valence-corrected chi connectivity index (χ3v) is 6.11. The van der Waals surface area contributed by atoms with E-state index in [1.165, 1.54) is 40.4 Å². The second-order valence-corrected chi connectivity index (χ2v) is 8.24. The zero-order chi connectivity index (χ0) is 19.8. The lowest BCUT2D eigenvalue weighted by Gasteiger charge is -2.33. The van der Waals surface area contributed by atoms with E-state index in [1.54, 1.807) is 6.33 Å². The van der Waals surface area contributed by atoms with E-state index in [2.05, 4.69) is 69.4 Å². The molecular weight excluding hydrogens is 358 g/mol. The minimum Gasteiger partial charge on any atom is -0.298 e. The second-order valence-electron chi connectivity index (χ2n) is 8.24. The molecule has 2 aromatic heterocycles. The monoisotopic (exact) mass is 385 g/mol. The summed E-state index contributed by atoms with van der Waals surface area (Å²) in [5, 5.41) is 7.09. The van der Waals surface area contributed by atoms with Gasteiger partial charge in [-0.05, 0) is 66.8 Å². The molecule has 0 radical (unpaired) electrons. The Morgan fingerprint density at radius 2 is 1.83 bits per heavy atom. The maximum atomic E-state index is 4.49. The summed E-state index contributed by atoms with van der Waals surface area (Å²) in [5.41, 5.74) is 5.04. The molecule has 0 aliphatic carbocycles. The highest BCUT2D eigenvalue weighted by atomic mass is 15.3. The molecule has 5 rings (SSSR count). The van der Waals surface area contributed by atoms with Crippen molar-refractivity contribution in [3.05, 3.63) is 71.3 Å². The van der Waals surface area contributed by atoms with Gasteiger partial charge < -0.3 is 0 Å². The first-order valence-electron chi connectivity index (χ1n) is 10.6. The molecule has 1 atom stereocenters. The van der Waals surface area contributed by atoms with Gasteiger partial charge in [0.2, 0.25) is 0 Å². The molecule has 5 nitrogen and oxygen atoms in total. The van der Waals surface area contributed by atoms with E-state index in [9.17, 15) is 0 Å². The van der Waals surface area contributed by atoms with Crippen LogP contribution in [0.5, 0.6) is 0 Å². The first kappa shape index (κ1) is 18.3. The van der Waals surface area contributed by atoms with E-state index < -0.39 is 0 Å². The molecule has 1 aliphatic rings. The van der Waals surface area contributed by atoms with Crippen molar-refractivity contribution in [1.82, 2.24) is 24.5 Å². The lowest BCUT2D eigenvalue weighted by molar-refractivity contribution is 0.197. The average Bonchev–Trinajstić information content (AvgIpc) is 3.21. The maximum absolute atomic E-state index is 4.49. The van der Waals surface area contributed by atoms with Crippen molar-refractivity contribution in [3.8, 4) is 0 Å². The van der Waals surface area contributed by atoms with Crippen LogP contribution in [0, 0.1) is 6.92 Å². The summed E-state index contributed by atoms with van der Waals surface area (Å²) < 4.78 is 1.92. The van der Waals surface area contributed by atoms with Gasteiger partial charge in [-0.1, -0.05) is 37.3 Å². The van der Waals surface area contributed by atoms with E-state index in [0.717, 1.165) is 31.7 Å². The van der Waals surface area contributed by atoms with Crippen molar-refractivity contribution in [1.29, 1.82) is 0 Å². The molecule has 0 amide bonds. The van der Waals surface area contributed by atoms with Crippen molar-refractivity contribution in [2.75, 3.05) is 13.1 Å². The number of aromatic nitrogens is 4. The van der Waals surface area contributed by atoms with Gasteiger partial charge in [-0.3, -0.25) is 4.90 Å². The Labute approximate surface area is 171 Å². The largest absolute Gasteiger partial charge is 0.298 e. The number of fused-ring (bicyclic) bond motifs is 2. The van der Waals surface area contributed by atoms with Crippen LogP contribution in [0.25, 0.3) is 16.6 Å². The summed E-state index contributed by atoms with van der Waals surface area (Å²) >= 11 is 0. The first-order valence-corrected chi connectivity index (χ1v) is 10.6. The zero-order valence-corrected chi connectivity index (χ0v) is 17.2. The summed E-state index contributed by atoms with van der Waals surface area (Å²) in [6.07, 6.45) is 5.08. The summed E-state index contributed by atoms with van der Waals surface area (Å²) in [4.78, 5) is 11.4. The lowest BCUT2D eigenvalue weighted by atomic mass is 9.93. The number of likely N-dealkylation sites (tertiary alicyclic amines) is 1. The molecule has 0 spiro atoms. The van der Waals surface area contributed by atoms with Crippen LogP contribution in [0.3, 0.4) is 0 Å². The van der Waals surface area contributed by atoms with Gasteiger partial charge in [0, 0.05) is 24.7 Å². The summed E-state index contributed by atoms with van der Waals surface area (Å²) in [6, 6.07) is 15.9. The van der Waals surface area contributed by atoms with Crippen molar-refractivity contribution in [3.63, 3.8) is 0 Å². The van der Waals surface area contributed by atoms with E-state index in [4.69, 9.17) is 0 Å². The van der Waals surface area contributed by atoms with E-state index >= 15 is 0 Å². The highest BCUT2D eigenvalue weighted by Gasteiger charge is 2.24. The number of hydrogen-bond donors (Lipinski definition) is 0. The molecule has 1 fully saturated rings. The fourth-order valence-electron chi connectivity index (χ4n) is 4.61. The Bertz CT molecular complexity index is 1160. The Morgan fingerprint density at radius 3 is 2.66 bits per heavy atom. The molecule has 2 aromatic carbocycles. The van der Waals surface area contributed by atoms with Crippen LogP contribution in [0.2, 0.25) is 0 Å². The van der Waals surface area contributed by atoms with Crippen LogP contribution in [0.1, 0.15) is 48.2 Å². The van der Waals surface area contributed by atoms with Crippen LogP contribution < -0.4 is 0 Å². The Morgan fingerprint density at radius 1 is 1.03 bits per heavy atom. The van der Waals surface area contributed by atoms with Crippen molar-refractivity contribution < 1.29 is 0 Å². The van der Waals surface area contributed by atoms with Crippen molar-refractivity contribution in [2.24, 2.45) is 0 Å². The molecule has 0 bridgehead atoms. The molecule has 5 heteroatoms. The van der Waals surface area contributed by atoms with Gasteiger partial charge in [-0.15, -0.1) is 0 Å². The Kier molecular flexibility index (Phi) is 4.76. The fourth-order valence-corrected chi connectivity index (χ4v) is 4.61. The smallest absolute Gasteiger partial charge is 0.252 e. The molecule has 3 heterocycles. The number of hydrogen-bond acceptors (Lipinski definition) is 4. The highest BCUT2D eigenvalue weighted by molar-refractivity contribution is 5.83. The third kappa shape index (κ3) is 3.62. The van der Waals surface area contributed by atoms with Gasteiger partial charge in [0.15, 0.2) is 0 Å². The summed E-state index contributed by atoms with van der Waals surface area (Å²) in [7, 11) is 0. The molecule has 0 N–H and O–H groups in total. The lowest BCUT2D eigenvalue weighted by Crippen LogP contribution is -2.34. The summed E-state index contributed by atoms with van der Waals surface area (Å²) in [5.74, 6) is 1.17. The fraction of sp³-hybridized carbons (Fsp3) is 0.375. The van der Waals surface area contributed by atoms with Gasteiger partial charge in [0.25, 0.3) is 5.78 Å². The number of rotatable bonds is 4. The Balaban J connectivity index is 1.37. The van der Waals surface area contributed by atoms with Gasteiger partial charge in [0.1, 0.15) is 6.33 Å². The molecule has 4 aromatic rings. The normalized spacial score (nSPS) is 17.9. The highest BCUT2D eigenvalue weighted by Crippen LogP contribution is 2.28. The minimum atomic E-state index is 0.460. The number of piperidine rings is 1. The Hall–Kier alpha value is -2.79. The van der Waals surface area contributed by atoms with Gasteiger partial charge >= 0.3 is 0 Å². The van der Waals surface area contributed by atoms with Crippen LogP contribution in [-0.4, -0.2) is 37.6 Å². The van der Waals surface area contributed by atoms with Crippen LogP contribution in [-0.2, 0) is 13.0 Å². The number of benzene rings is 2. The minimum absolute atomic E-state index is 0.460. The predicted molar refractivity (Wildman–Crippen MR) is 116 cm³/mol. The van der Waals surface area contributed by atoms with E-state index in [-0.39, 0.29) is 0 Å². The average molecular weight is 386 g/mol. The first-order chi connectivity index (χ1) is 14.2. The van der Waals surface area contributed by atoms with Gasteiger partial charge in [0.05, 0.1) is 5.69 Å². The quantitative estimate of drug-likeness (QED) is 0.518. The molecule has 29 heavy (non-hydrogen) atoms. The van der Waals surface area contributed by atoms with Crippen LogP contribution in [0.4, 0.5) is 0 Å². The maximum Gasteiger partial charge on any atom is 0.252 e. The standard InChI is InChI=1S/C24H27N5/c1-3-18-6-8-21-13-19(7-9-20(21)12-18)14-28-10-4-5-22(15-28)23-11-17(2)27-24-25-16-26-29(23)24/h6-9,11-13,16,22H,3-5,10,14-15H2,1-2H3. The van der Waals surface area contributed by atoms with E-state index in [0.29, 0.717) is 11.7 Å². The van der Waals surface area contributed by atoms with Crippen molar-refractivity contribution in [2.45, 2.75) is 45.6 Å². The molecule has 1 unspecified atom stereocenters. The predicted octanol–water partition coefficient (Wildman–Crippen LogP) is 4.53. The zero-order valence-electron chi connectivity index (χ0n) is 17.2. The van der Waals surface area contributed by atoms with Gasteiger partial charge in [-0.25, -0.2) is 9.50 Å². The second kappa shape index (κ2) is 7.56. The van der Waals surface area contributed by atoms with E-state index in [1.807, 2.05) is 11.4 Å². The topological polar surface area (TPSA) is 46.3 Å². The van der Waals surface area contributed by atoms with Crippen LogP contribution >= 0.6 is 0 Å². The molecule has 0 saturated carbocycles. The van der Waals surface area contributed by atoms with Gasteiger partial charge in [-0.2, -0.15) is 10.1 Å². The summed E-state index contributed by atoms with van der Waals surface area (Å²) in [6.45, 7) is 7.43. The molecular formula is C24H27N5. The van der Waals surface area contributed by atoms with Crippen LogP contribution in [0.15, 0.2) is 48.8 Å². The SMILES string of the molecule is CCc1ccc2cc(CN3CCCC(c4cc(C)nc5ncnn45)C3)ccc2c1.